The van der Waals surface area contributed by atoms with Crippen molar-refractivity contribution in [1.82, 2.24) is 0 Å². The maximum Gasteiger partial charge on any atom is 0.432 e. The van der Waals surface area contributed by atoms with Crippen LogP contribution in [0.25, 0.3) is 5.70 Å². The van der Waals surface area contributed by atoms with Crippen LogP contribution in [0.3, 0.4) is 0 Å². The molecule has 1 aromatic heterocycles. The van der Waals surface area contributed by atoms with Gasteiger partial charge in [-0.3, -0.25) is 4.99 Å². The van der Waals surface area contributed by atoms with E-state index >= 15 is 0 Å². The van der Waals surface area contributed by atoms with Crippen molar-refractivity contribution >= 4 is 32.8 Å². The molecule has 10 heteroatoms. The largest absolute Gasteiger partial charge is 0.432 e. The molecule has 0 bridgehead atoms. The van der Waals surface area contributed by atoms with E-state index in [1.807, 2.05) is 0 Å². The lowest BCUT2D eigenvalue weighted by atomic mass is 10.2. The number of halogens is 3. The summed E-state index contributed by atoms with van der Waals surface area (Å²) in [6.45, 7) is 0. The zero-order valence-corrected chi connectivity index (χ0v) is 11.2. The van der Waals surface area contributed by atoms with Crippen molar-refractivity contribution in [2.45, 2.75) is 10.4 Å². The number of sulfonamides is 1. The predicted octanol–water partition coefficient (Wildman–Crippen LogP) is 1.33. The highest BCUT2D eigenvalue weighted by Crippen LogP contribution is 2.26. The highest BCUT2D eigenvalue weighted by atomic mass is 32.2. The summed E-state index contributed by atoms with van der Waals surface area (Å²) in [7, 11) is -2.91. The van der Waals surface area contributed by atoms with Gasteiger partial charge in [0.25, 0.3) is 0 Å². The predicted molar refractivity (Wildman–Crippen MR) is 67.3 cm³/mol. The zero-order chi connectivity index (χ0) is 14.8. The van der Waals surface area contributed by atoms with Gasteiger partial charge in [-0.25, -0.2) is 13.6 Å². The van der Waals surface area contributed by atoms with E-state index in [1.165, 1.54) is 12.1 Å². The third kappa shape index (κ3) is 4.04. The number of nitrogens with two attached hydrogens (primary N) is 2. The second-order valence-electron chi connectivity index (χ2n) is 3.37. The van der Waals surface area contributed by atoms with Gasteiger partial charge in [0.2, 0.25) is 10.0 Å². The average Bonchev–Trinajstić information content (AvgIpc) is 2.72. The van der Waals surface area contributed by atoms with Gasteiger partial charge >= 0.3 is 6.18 Å². The summed E-state index contributed by atoms with van der Waals surface area (Å²) in [5, 5.41) is 4.89. The van der Waals surface area contributed by atoms with E-state index in [2.05, 4.69) is 4.99 Å². The molecular formula is C9H10F3N3O2S2. The van der Waals surface area contributed by atoms with Crippen molar-refractivity contribution in [1.29, 1.82) is 0 Å². The van der Waals surface area contributed by atoms with E-state index in [9.17, 15) is 21.6 Å². The molecule has 0 fully saturated rings. The molecule has 0 aliphatic heterocycles. The van der Waals surface area contributed by atoms with Crippen molar-refractivity contribution < 1.29 is 21.6 Å². The molecule has 106 valence electrons. The average molecular weight is 313 g/mol. The first kappa shape index (κ1) is 15.7. The molecule has 0 aromatic carbocycles. The Morgan fingerprint density at radius 1 is 1.42 bits per heavy atom. The van der Waals surface area contributed by atoms with Gasteiger partial charge in [-0.05, 0) is 18.2 Å². The molecule has 0 unspecified atom stereocenters. The van der Waals surface area contributed by atoms with E-state index in [-0.39, 0.29) is 14.8 Å². The highest BCUT2D eigenvalue weighted by molar-refractivity contribution is 7.91. The SMILES string of the molecule is CN=C(C=C(N)c1ccc(S(N)(=O)=O)s1)C(F)(F)F. The molecule has 4 N–H and O–H groups in total. The van der Waals surface area contributed by atoms with Crippen molar-refractivity contribution in [3.63, 3.8) is 0 Å². The Bertz CT molecular complexity index is 629. The van der Waals surface area contributed by atoms with E-state index in [0.717, 1.165) is 7.05 Å². The summed E-state index contributed by atoms with van der Waals surface area (Å²) in [5.41, 5.74) is 4.08. The Labute approximate surface area is 111 Å². The summed E-state index contributed by atoms with van der Waals surface area (Å²) < 4.78 is 59.2. The lowest BCUT2D eigenvalue weighted by Gasteiger charge is -2.06. The van der Waals surface area contributed by atoms with Crippen LogP contribution in [0, 0.1) is 0 Å². The maximum atomic E-state index is 12.4. The number of nitrogens with zero attached hydrogens (tertiary/aromatic N) is 1. The topological polar surface area (TPSA) is 98.5 Å². The van der Waals surface area contributed by atoms with Gasteiger partial charge in [0.1, 0.15) is 9.92 Å². The van der Waals surface area contributed by atoms with Gasteiger partial charge in [0.15, 0.2) is 0 Å². The van der Waals surface area contributed by atoms with Crippen molar-refractivity contribution in [2.75, 3.05) is 7.05 Å². The van der Waals surface area contributed by atoms with Gasteiger partial charge < -0.3 is 5.73 Å². The molecule has 0 aliphatic rings. The minimum atomic E-state index is -4.63. The molecule has 0 saturated carbocycles. The first-order chi connectivity index (χ1) is 8.55. The van der Waals surface area contributed by atoms with Crippen LogP contribution in [0.2, 0.25) is 0 Å². The van der Waals surface area contributed by atoms with Crippen LogP contribution in [0.4, 0.5) is 13.2 Å². The molecule has 0 spiro atoms. The molecule has 1 aromatic rings. The van der Waals surface area contributed by atoms with Gasteiger partial charge in [-0.15, -0.1) is 11.3 Å². The standard InChI is InChI=1S/C9H10F3N3O2S2/c1-15-7(9(10,11)12)4-5(13)6-2-3-8(18-6)19(14,16)17/h2-4H,13H2,1H3,(H2,14,16,17). The summed E-state index contributed by atoms with van der Waals surface area (Å²) >= 11 is 0.682. The number of thiophene rings is 1. The van der Waals surface area contributed by atoms with Crippen LogP contribution in [0.1, 0.15) is 4.88 Å². The second-order valence-corrected chi connectivity index (χ2v) is 6.24. The molecule has 0 atom stereocenters. The van der Waals surface area contributed by atoms with Gasteiger partial charge in [0.05, 0.1) is 10.6 Å². The van der Waals surface area contributed by atoms with E-state index in [4.69, 9.17) is 10.9 Å². The van der Waals surface area contributed by atoms with Gasteiger partial charge in [-0.1, -0.05) is 0 Å². The summed E-state index contributed by atoms with van der Waals surface area (Å²) in [6, 6.07) is 2.45. The lowest BCUT2D eigenvalue weighted by molar-refractivity contribution is -0.0577. The van der Waals surface area contributed by atoms with E-state index in [1.54, 1.807) is 0 Å². The van der Waals surface area contributed by atoms with Crippen LogP contribution in [-0.2, 0) is 10.0 Å². The Morgan fingerprint density at radius 2 is 2.00 bits per heavy atom. The molecule has 0 aliphatic carbocycles. The van der Waals surface area contributed by atoms with Crippen LogP contribution < -0.4 is 10.9 Å². The number of alkyl halides is 3. The quantitative estimate of drug-likeness (QED) is 0.823. The Morgan fingerprint density at radius 3 is 2.37 bits per heavy atom. The molecule has 5 nitrogen and oxygen atoms in total. The summed E-state index contributed by atoms with van der Waals surface area (Å²) in [4.78, 5) is 3.24. The normalized spacial score (nSPS) is 14.8. The third-order valence-corrected chi connectivity index (χ3v) is 4.54. The van der Waals surface area contributed by atoms with Crippen LogP contribution in [-0.4, -0.2) is 27.4 Å². The van der Waals surface area contributed by atoms with E-state index in [0.29, 0.717) is 17.4 Å². The number of hydrogen-bond acceptors (Lipinski definition) is 5. The summed E-state index contributed by atoms with van der Waals surface area (Å²) in [5.74, 6) is 0. The maximum absolute atomic E-state index is 12.4. The first-order valence-corrected chi connectivity index (χ1v) is 7.06. The Balaban J connectivity index is 3.14. The molecule has 1 heterocycles. The number of hydrogen-bond donors (Lipinski definition) is 2. The van der Waals surface area contributed by atoms with Gasteiger partial charge in [-0.2, -0.15) is 13.2 Å². The van der Waals surface area contributed by atoms with E-state index < -0.39 is 21.9 Å². The minimum absolute atomic E-state index is 0.162. The number of allylic oxidation sites excluding steroid dienone is 1. The minimum Gasteiger partial charge on any atom is -0.398 e. The van der Waals surface area contributed by atoms with Crippen LogP contribution >= 0.6 is 11.3 Å². The fraction of sp³-hybridized carbons (Fsp3) is 0.222. The molecule has 0 saturated heterocycles. The van der Waals surface area contributed by atoms with Crippen LogP contribution in [0.15, 0.2) is 27.4 Å². The molecular weight excluding hydrogens is 303 g/mol. The van der Waals surface area contributed by atoms with Gasteiger partial charge in [0, 0.05) is 7.05 Å². The Hall–Kier alpha value is -1.39. The zero-order valence-electron chi connectivity index (χ0n) is 9.60. The van der Waals surface area contributed by atoms with Crippen LogP contribution in [0.5, 0.6) is 0 Å². The van der Waals surface area contributed by atoms with Crippen molar-refractivity contribution in [3.8, 4) is 0 Å². The smallest absolute Gasteiger partial charge is 0.398 e. The monoisotopic (exact) mass is 313 g/mol. The molecule has 0 radical (unpaired) electrons. The van der Waals surface area contributed by atoms with Crippen molar-refractivity contribution in [3.05, 3.63) is 23.1 Å². The highest BCUT2D eigenvalue weighted by Gasteiger charge is 2.33. The fourth-order valence-electron chi connectivity index (χ4n) is 1.12. The molecule has 0 amide bonds. The molecule has 1 rings (SSSR count). The van der Waals surface area contributed by atoms with Crippen molar-refractivity contribution in [2.24, 2.45) is 15.9 Å². The third-order valence-electron chi connectivity index (χ3n) is 1.97. The number of primary sulfonamides is 1. The lowest BCUT2D eigenvalue weighted by Crippen LogP contribution is -2.21. The Kier molecular flexibility index (Phi) is 4.38. The fourth-order valence-corrected chi connectivity index (χ4v) is 2.78. The molecule has 19 heavy (non-hydrogen) atoms. The summed E-state index contributed by atoms with van der Waals surface area (Å²) in [6.07, 6.45) is -3.99. The first-order valence-electron chi connectivity index (χ1n) is 4.70. The second kappa shape index (κ2) is 5.31. The number of rotatable bonds is 3. The number of aliphatic imine (C=N–C) groups is 1.